The molecule has 0 aliphatic heterocycles. The molecule has 1 aromatic carbocycles. The van der Waals surface area contributed by atoms with E-state index in [9.17, 15) is 0 Å². The number of hydrazone groups is 1. The molecular formula is C19H22N6O2. The largest absolute Gasteiger partial charge is 0.497 e. The minimum absolute atomic E-state index is 0.500. The molecule has 27 heavy (non-hydrogen) atoms. The van der Waals surface area contributed by atoms with Crippen LogP contribution in [0.2, 0.25) is 0 Å². The van der Waals surface area contributed by atoms with Crippen molar-refractivity contribution >= 4 is 12.0 Å². The first-order valence-electron chi connectivity index (χ1n) is 8.40. The Morgan fingerprint density at radius 1 is 1.00 bits per heavy atom. The van der Waals surface area contributed by atoms with Crippen molar-refractivity contribution in [2.24, 2.45) is 5.10 Å². The maximum Gasteiger partial charge on any atom is 0.253 e. The Balaban J connectivity index is 1.82. The van der Waals surface area contributed by atoms with Gasteiger partial charge in [-0.2, -0.15) is 15.2 Å². The molecule has 0 saturated heterocycles. The van der Waals surface area contributed by atoms with Crippen molar-refractivity contribution in [1.82, 2.24) is 19.7 Å². The van der Waals surface area contributed by atoms with E-state index in [1.165, 1.54) is 0 Å². The van der Waals surface area contributed by atoms with Gasteiger partial charge in [-0.25, -0.2) is 9.67 Å². The van der Waals surface area contributed by atoms with Crippen LogP contribution in [-0.2, 0) is 0 Å². The molecule has 140 valence electrons. The fourth-order valence-electron chi connectivity index (χ4n) is 2.63. The molecule has 2 heterocycles. The fraction of sp³-hybridized carbons (Fsp3) is 0.263. The molecule has 2 aromatic heterocycles. The summed E-state index contributed by atoms with van der Waals surface area (Å²) in [5.41, 5.74) is 6.45. The lowest BCUT2D eigenvalue weighted by Crippen LogP contribution is -2.08. The quantitative estimate of drug-likeness (QED) is 0.533. The van der Waals surface area contributed by atoms with E-state index >= 15 is 0 Å². The highest BCUT2D eigenvalue weighted by Gasteiger charge is 2.09. The highest BCUT2D eigenvalue weighted by molar-refractivity contribution is 5.84. The summed E-state index contributed by atoms with van der Waals surface area (Å²) in [6.07, 6.45) is 1.67. The third-order valence-corrected chi connectivity index (χ3v) is 3.86. The van der Waals surface area contributed by atoms with Crippen molar-refractivity contribution in [3.8, 4) is 17.4 Å². The third kappa shape index (κ3) is 4.22. The van der Waals surface area contributed by atoms with Crippen LogP contribution in [0.15, 0.2) is 35.4 Å². The molecular weight excluding hydrogens is 344 g/mol. The van der Waals surface area contributed by atoms with Crippen molar-refractivity contribution in [2.75, 3.05) is 19.6 Å². The van der Waals surface area contributed by atoms with Gasteiger partial charge in [0.2, 0.25) is 0 Å². The zero-order chi connectivity index (χ0) is 19.4. The second kappa shape index (κ2) is 7.86. The molecule has 0 spiro atoms. The summed E-state index contributed by atoms with van der Waals surface area (Å²) in [6.45, 7) is 5.80. The molecule has 0 fully saturated rings. The van der Waals surface area contributed by atoms with E-state index < -0.39 is 0 Å². The minimum Gasteiger partial charge on any atom is -0.497 e. The van der Waals surface area contributed by atoms with Gasteiger partial charge in [-0.15, -0.1) is 0 Å². The Hall–Kier alpha value is -3.42. The highest BCUT2D eigenvalue weighted by Crippen LogP contribution is 2.23. The van der Waals surface area contributed by atoms with Crippen LogP contribution in [0.3, 0.4) is 0 Å². The van der Waals surface area contributed by atoms with Gasteiger partial charge < -0.3 is 9.47 Å². The van der Waals surface area contributed by atoms with E-state index in [0.29, 0.717) is 17.5 Å². The molecule has 0 aliphatic carbocycles. The summed E-state index contributed by atoms with van der Waals surface area (Å²) < 4.78 is 12.3. The van der Waals surface area contributed by atoms with E-state index in [1.54, 1.807) is 31.2 Å². The fourth-order valence-corrected chi connectivity index (χ4v) is 2.63. The maximum absolute atomic E-state index is 5.37. The first-order chi connectivity index (χ1) is 13.0. The number of aromatic nitrogens is 4. The molecule has 3 aromatic rings. The van der Waals surface area contributed by atoms with E-state index in [2.05, 4.69) is 25.6 Å². The van der Waals surface area contributed by atoms with Gasteiger partial charge in [0.1, 0.15) is 11.5 Å². The van der Waals surface area contributed by atoms with Gasteiger partial charge in [-0.1, -0.05) is 0 Å². The monoisotopic (exact) mass is 366 g/mol. The molecule has 0 saturated carbocycles. The number of methoxy groups -OCH3 is 2. The van der Waals surface area contributed by atoms with Crippen molar-refractivity contribution in [3.05, 3.63) is 53.0 Å². The summed E-state index contributed by atoms with van der Waals surface area (Å²) in [7, 11) is 3.22. The predicted molar refractivity (Wildman–Crippen MR) is 104 cm³/mol. The number of nitrogens with one attached hydrogen (secondary N) is 1. The smallest absolute Gasteiger partial charge is 0.253 e. The van der Waals surface area contributed by atoms with Crippen molar-refractivity contribution in [2.45, 2.75) is 20.8 Å². The first-order valence-corrected chi connectivity index (χ1v) is 8.40. The number of nitrogens with zero attached hydrogens (tertiary/aromatic N) is 5. The van der Waals surface area contributed by atoms with Gasteiger partial charge >= 0.3 is 0 Å². The van der Waals surface area contributed by atoms with E-state index in [0.717, 1.165) is 28.4 Å². The van der Waals surface area contributed by atoms with Gasteiger partial charge in [0, 0.05) is 29.1 Å². The zero-order valence-electron chi connectivity index (χ0n) is 16.0. The molecule has 0 unspecified atom stereocenters. The third-order valence-electron chi connectivity index (χ3n) is 3.86. The van der Waals surface area contributed by atoms with Gasteiger partial charge in [-0.3, -0.25) is 5.43 Å². The molecule has 0 aliphatic rings. The van der Waals surface area contributed by atoms with E-state index in [1.807, 2.05) is 45.0 Å². The predicted octanol–water partition coefficient (Wildman–Crippen LogP) is 3.05. The van der Waals surface area contributed by atoms with Crippen LogP contribution in [0.1, 0.15) is 22.6 Å². The number of ether oxygens (including phenoxy) is 2. The highest BCUT2D eigenvalue weighted by atomic mass is 16.5. The molecule has 0 amide bonds. The Morgan fingerprint density at radius 2 is 1.81 bits per heavy atom. The second-order valence-electron chi connectivity index (χ2n) is 6.01. The molecule has 0 radical (unpaired) electrons. The topological polar surface area (TPSA) is 86.5 Å². The molecule has 8 heteroatoms. The normalized spacial score (nSPS) is 11.0. The molecule has 0 bridgehead atoms. The average molecular weight is 366 g/mol. The number of benzene rings is 1. The SMILES string of the molecule is COc1ccc(/C=N/Nc2cc(C)nc(-n3nc(C)cc3C)n2)c(OC)c1. The standard InChI is InChI=1S/C19H22N6O2/c1-12-9-18(22-19(21-12)25-14(3)8-13(2)24-25)23-20-11-15-6-7-16(26-4)10-17(15)27-5/h6-11H,1-5H3,(H,21,22,23)/b20-11+. The molecule has 1 N–H and O–H groups in total. The van der Waals surface area contributed by atoms with Gasteiger partial charge in [0.05, 0.1) is 26.1 Å². The van der Waals surface area contributed by atoms with Crippen LogP contribution in [-0.4, -0.2) is 40.2 Å². The van der Waals surface area contributed by atoms with Gasteiger partial charge in [-0.05, 0) is 39.0 Å². The number of rotatable bonds is 6. The summed E-state index contributed by atoms with van der Waals surface area (Å²) in [5, 5.41) is 8.69. The Kier molecular flexibility index (Phi) is 5.35. The second-order valence-corrected chi connectivity index (χ2v) is 6.01. The summed E-state index contributed by atoms with van der Waals surface area (Å²) in [4.78, 5) is 8.95. The van der Waals surface area contributed by atoms with Crippen LogP contribution in [0, 0.1) is 20.8 Å². The van der Waals surface area contributed by atoms with Gasteiger partial charge in [0.15, 0.2) is 5.82 Å². The average Bonchev–Trinajstić information content (AvgIpc) is 2.99. The van der Waals surface area contributed by atoms with Gasteiger partial charge in [0.25, 0.3) is 5.95 Å². The minimum atomic E-state index is 0.500. The van der Waals surface area contributed by atoms with Crippen molar-refractivity contribution in [1.29, 1.82) is 0 Å². The number of aryl methyl sites for hydroxylation is 3. The summed E-state index contributed by atoms with van der Waals surface area (Å²) >= 11 is 0. The molecule has 0 atom stereocenters. The maximum atomic E-state index is 5.37. The van der Waals surface area contributed by atoms with Crippen LogP contribution >= 0.6 is 0 Å². The Labute approximate surface area is 157 Å². The lowest BCUT2D eigenvalue weighted by atomic mass is 10.2. The zero-order valence-corrected chi connectivity index (χ0v) is 16.0. The first kappa shape index (κ1) is 18.4. The Bertz CT molecular complexity index is 980. The lowest BCUT2D eigenvalue weighted by Gasteiger charge is -2.08. The van der Waals surface area contributed by atoms with Crippen LogP contribution in [0.4, 0.5) is 5.82 Å². The van der Waals surface area contributed by atoms with Crippen molar-refractivity contribution < 1.29 is 9.47 Å². The number of hydrogen-bond donors (Lipinski definition) is 1. The number of anilines is 1. The lowest BCUT2D eigenvalue weighted by molar-refractivity contribution is 0.394. The molecule has 8 nitrogen and oxygen atoms in total. The van der Waals surface area contributed by atoms with E-state index in [4.69, 9.17) is 9.47 Å². The van der Waals surface area contributed by atoms with Crippen LogP contribution < -0.4 is 14.9 Å². The Morgan fingerprint density at radius 3 is 2.48 bits per heavy atom. The van der Waals surface area contributed by atoms with E-state index in [-0.39, 0.29) is 0 Å². The summed E-state index contributed by atoms with van der Waals surface area (Å²) in [5.74, 6) is 2.47. The van der Waals surface area contributed by atoms with Crippen LogP contribution in [0.25, 0.3) is 5.95 Å². The molecule has 3 rings (SSSR count). The summed E-state index contributed by atoms with van der Waals surface area (Å²) in [6, 6.07) is 9.32. The van der Waals surface area contributed by atoms with Crippen LogP contribution in [0.5, 0.6) is 11.5 Å². The number of hydrogen-bond acceptors (Lipinski definition) is 7. The van der Waals surface area contributed by atoms with Crippen molar-refractivity contribution in [3.63, 3.8) is 0 Å².